The SMILES string of the molecule is CCSc1cc(CS(=O)c2nc3cscc3[nH]2)ncn1. The van der Waals surface area contributed by atoms with E-state index in [1.807, 2.05) is 16.8 Å². The number of hydrogen-bond donors (Lipinski definition) is 1. The third-order valence-electron chi connectivity index (χ3n) is 2.59. The molecule has 0 fully saturated rings. The van der Waals surface area contributed by atoms with Gasteiger partial charge >= 0.3 is 0 Å². The van der Waals surface area contributed by atoms with E-state index in [1.54, 1.807) is 23.1 Å². The van der Waals surface area contributed by atoms with Crippen molar-refractivity contribution >= 4 is 44.9 Å². The van der Waals surface area contributed by atoms with Crippen LogP contribution in [0.15, 0.2) is 33.3 Å². The maximum absolute atomic E-state index is 12.3. The van der Waals surface area contributed by atoms with Gasteiger partial charge in [0.05, 0.1) is 32.8 Å². The molecule has 3 heterocycles. The van der Waals surface area contributed by atoms with Gasteiger partial charge in [0.25, 0.3) is 0 Å². The first-order valence-electron chi connectivity index (χ1n) is 6.00. The van der Waals surface area contributed by atoms with Crippen molar-refractivity contribution in [1.82, 2.24) is 19.9 Å². The van der Waals surface area contributed by atoms with Crippen molar-refractivity contribution in [2.75, 3.05) is 5.75 Å². The molecule has 3 aromatic rings. The van der Waals surface area contributed by atoms with Crippen molar-refractivity contribution in [3.05, 3.63) is 28.8 Å². The minimum absolute atomic E-state index is 0.347. The van der Waals surface area contributed by atoms with Gasteiger partial charge in [-0.2, -0.15) is 0 Å². The first-order chi connectivity index (χ1) is 9.76. The quantitative estimate of drug-likeness (QED) is 0.577. The number of thioether (sulfide) groups is 1. The standard InChI is InChI=1S/C12H12N4OS3/c1-2-19-11-3-8(13-7-14-11)6-20(17)12-15-9-4-18-5-10(9)16-12/h3-5,7H,2,6H2,1H3,(H,15,16). The number of nitrogens with zero attached hydrogens (tertiary/aromatic N) is 3. The number of fused-ring (bicyclic) bond motifs is 1. The van der Waals surface area contributed by atoms with Crippen molar-refractivity contribution in [3.63, 3.8) is 0 Å². The molecule has 0 aliphatic rings. The van der Waals surface area contributed by atoms with E-state index < -0.39 is 10.8 Å². The topological polar surface area (TPSA) is 71.5 Å². The molecule has 0 saturated carbocycles. The summed E-state index contributed by atoms with van der Waals surface area (Å²) in [5, 5.41) is 5.32. The van der Waals surface area contributed by atoms with Gasteiger partial charge in [0.2, 0.25) is 0 Å². The molecule has 3 aromatic heterocycles. The van der Waals surface area contributed by atoms with Crippen LogP contribution in [0.3, 0.4) is 0 Å². The van der Waals surface area contributed by atoms with Gasteiger partial charge in [-0.25, -0.2) is 15.0 Å². The van der Waals surface area contributed by atoms with E-state index in [0.717, 1.165) is 27.5 Å². The highest BCUT2D eigenvalue weighted by atomic mass is 32.2. The van der Waals surface area contributed by atoms with Gasteiger partial charge in [-0.05, 0) is 11.8 Å². The summed E-state index contributed by atoms with van der Waals surface area (Å²) in [6, 6.07) is 1.89. The molecule has 3 rings (SSSR count). The van der Waals surface area contributed by atoms with E-state index in [1.165, 1.54) is 6.33 Å². The van der Waals surface area contributed by atoms with Crippen molar-refractivity contribution < 1.29 is 4.21 Å². The van der Waals surface area contributed by atoms with Crippen LogP contribution in [-0.2, 0) is 16.6 Å². The monoisotopic (exact) mass is 324 g/mol. The molecule has 1 atom stereocenters. The lowest BCUT2D eigenvalue weighted by molar-refractivity contribution is 0.676. The van der Waals surface area contributed by atoms with Crippen LogP contribution in [0.4, 0.5) is 0 Å². The second kappa shape index (κ2) is 6.02. The largest absolute Gasteiger partial charge is 0.330 e. The fraction of sp³-hybridized carbons (Fsp3) is 0.250. The lowest BCUT2D eigenvalue weighted by Crippen LogP contribution is -2.01. The molecule has 0 saturated heterocycles. The molecule has 104 valence electrons. The highest BCUT2D eigenvalue weighted by Crippen LogP contribution is 2.20. The van der Waals surface area contributed by atoms with Crippen LogP contribution in [0.5, 0.6) is 0 Å². The number of rotatable bonds is 5. The molecule has 8 heteroatoms. The zero-order valence-corrected chi connectivity index (χ0v) is 13.1. The fourth-order valence-electron chi connectivity index (χ4n) is 1.72. The predicted octanol–water partition coefficient (Wildman–Crippen LogP) is 2.83. The average Bonchev–Trinajstić information content (AvgIpc) is 3.00. The normalized spacial score (nSPS) is 12.8. The van der Waals surface area contributed by atoms with Crippen LogP contribution in [0.2, 0.25) is 0 Å². The van der Waals surface area contributed by atoms with E-state index in [2.05, 4.69) is 26.9 Å². The average molecular weight is 324 g/mol. The summed E-state index contributed by atoms with van der Waals surface area (Å²) in [7, 11) is -1.22. The zero-order chi connectivity index (χ0) is 13.9. The lowest BCUT2D eigenvalue weighted by atomic mass is 10.5. The molecule has 0 aliphatic heterocycles. The Morgan fingerprint density at radius 2 is 2.30 bits per heavy atom. The van der Waals surface area contributed by atoms with E-state index in [9.17, 15) is 4.21 Å². The van der Waals surface area contributed by atoms with Crippen molar-refractivity contribution in [1.29, 1.82) is 0 Å². The van der Waals surface area contributed by atoms with Crippen LogP contribution in [0, 0.1) is 0 Å². The van der Waals surface area contributed by atoms with E-state index in [4.69, 9.17) is 0 Å². The predicted molar refractivity (Wildman–Crippen MR) is 82.5 cm³/mol. The Bertz CT molecular complexity index is 723. The Balaban J connectivity index is 1.78. The number of hydrogen-bond acceptors (Lipinski definition) is 6. The summed E-state index contributed by atoms with van der Waals surface area (Å²) in [5.41, 5.74) is 2.57. The van der Waals surface area contributed by atoms with Gasteiger partial charge < -0.3 is 4.98 Å². The zero-order valence-electron chi connectivity index (χ0n) is 10.7. The van der Waals surface area contributed by atoms with Gasteiger partial charge in [0, 0.05) is 10.8 Å². The first-order valence-corrected chi connectivity index (χ1v) is 9.25. The number of H-pyrrole nitrogens is 1. The molecule has 20 heavy (non-hydrogen) atoms. The maximum atomic E-state index is 12.3. The van der Waals surface area contributed by atoms with Crippen LogP contribution >= 0.6 is 23.1 Å². The van der Waals surface area contributed by atoms with Gasteiger partial charge in [-0.15, -0.1) is 23.1 Å². The van der Waals surface area contributed by atoms with Crippen LogP contribution in [-0.4, -0.2) is 29.9 Å². The second-order valence-electron chi connectivity index (χ2n) is 3.98. The number of nitrogens with one attached hydrogen (secondary N) is 1. The molecule has 0 spiro atoms. The van der Waals surface area contributed by atoms with Crippen LogP contribution in [0.25, 0.3) is 11.0 Å². The minimum Gasteiger partial charge on any atom is -0.330 e. The molecule has 1 unspecified atom stereocenters. The van der Waals surface area contributed by atoms with Gasteiger partial charge in [0.1, 0.15) is 11.8 Å². The Morgan fingerprint density at radius 1 is 1.40 bits per heavy atom. The van der Waals surface area contributed by atoms with Crippen molar-refractivity contribution in [2.45, 2.75) is 22.9 Å². The smallest absolute Gasteiger partial charge is 0.197 e. The summed E-state index contributed by atoms with van der Waals surface area (Å²) >= 11 is 3.22. The summed E-state index contributed by atoms with van der Waals surface area (Å²) < 4.78 is 12.3. The molecule has 0 aliphatic carbocycles. The highest BCUT2D eigenvalue weighted by molar-refractivity contribution is 7.99. The Hall–Kier alpha value is -1.25. The van der Waals surface area contributed by atoms with Gasteiger partial charge in [-0.3, -0.25) is 4.21 Å². The van der Waals surface area contributed by atoms with Gasteiger partial charge in [-0.1, -0.05) is 6.92 Å². The number of aromatic amines is 1. The summed E-state index contributed by atoms with van der Waals surface area (Å²) in [6.45, 7) is 2.07. The maximum Gasteiger partial charge on any atom is 0.197 e. The van der Waals surface area contributed by atoms with E-state index in [0.29, 0.717) is 10.9 Å². The number of thiophene rings is 1. The number of aromatic nitrogens is 4. The van der Waals surface area contributed by atoms with Crippen LogP contribution < -0.4 is 0 Å². The Kier molecular flexibility index (Phi) is 4.13. The highest BCUT2D eigenvalue weighted by Gasteiger charge is 2.12. The molecule has 1 N–H and O–H groups in total. The second-order valence-corrected chi connectivity index (χ2v) is 7.38. The molecular weight excluding hydrogens is 312 g/mol. The molecule has 0 radical (unpaired) electrons. The Morgan fingerprint density at radius 3 is 3.10 bits per heavy atom. The van der Waals surface area contributed by atoms with Crippen molar-refractivity contribution in [3.8, 4) is 0 Å². The van der Waals surface area contributed by atoms with E-state index >= 15 is 0 Å². The van der Waals surface area contributed by atoms with Crippen molar-refractivity contribution in [2.24, 2.45) is 0 Å². The summed E-state index contributed by atoms with van der Waals surface area (Å²) in [4.78, 5) is 15.8. The minimum atomic E-state index is -1.22. The molecule has 0 aromatic carbocycles. The fourth-order valence-corrected chi connectivity index (χ4v) is 4.03. The third-order valence-corrected chi connectivity index (χ3v) is 5.31. The van der Waals surface area contributed by atoms with Crippen LogP contribution in [0.1, 0.15) is 12.6 Å². The lowest BCUT2D eigenvalue weighted by Gasteiger charge is -2.01. The van der Waals surface area contributed by atoms with Gasteiger partial charge in [0.15, 0.2) is 5.16 Å². The Labute approximate surface area is 126 Å². The summed E-state index contributed by atoms with van der Waals surface area (Å²) in [6.07, 6.45) is 1.52. The molecule has 5 nitrogen and oxygen atoms in total. The molecule has 0 amide bonds. The molecular formula is C12H12N4OS3. The summed E-state index contributed by atoms with van der Waals surface area (Å²) in [5.74, 6) is 1.30. The number of imidazole rings is 1. The molecule has 0 bridgehead atoms. The third kappa shape index (κ3) is 2.92. The van der Waals surface area contributed by atoms with E-state index in [-0.39, 0.29) is 0 Å². The first kappa shape index (κ1) is 13.7.